The largest absolute Gasteiger partial charge is 0.289 e. The molecule has 0 aliphatic carbocycles. The number of rotatable bonds is 5. The van der Waals surface area contributed by atoms with Gasteiger partial charge in [-0.1, -0.05) is 60.6 Å². The number of carbonyl (C=O) groups is 1. The molecule has 0 bridgehead atoms. The van der Waals surface area contributed by atoms with Crippen molar-refractivity contribution in [3.8, 4) is 0 Å². The maximum atomic E-state index is 12.7. The predicted octanol–water partition coefficient (Wildman–Crippen LogP) is 6.11. The SMILES string of the molecule is Cc1cc(C(C)(C)C)cc(C)c1C(=O)PCC(C)CC(C)(C)C.[Li]. The van der Waals surface area contributed by atoms with Crippen molar-refractivity contribution in [1.29, 1.82) is 0 Å². The molecule has 1 aromatic carbocycles. The molecule has 0 fully saturated rings. The van der Waals surface area contributed by atoms with Gasteiger partial charge in [-0.2, -0.15) is 0 Å². The molecule has 0 heterocycles. The van der Waals surface area contributed by atoms with E-state index in [9.17, 15) is 4.79 Å². The number of aryl methyl sites for hydroxylation is 2. The fraction of sp³-hybridized carbons (Fsp3) is 0.667. The van der Waals surface area contributed by atoms with Crippen molar-refractivity contribution in [2.45, 2.75) is 74.1 Å². The Morgan fingerprint density at radius 3 is 1.88 bits per heavy atom. The summed E-state index contributed by atoms with van der Waals surface area (Å²) < 4.78 is 0. The normalized spacial score (nSPS) is 13.9. The van der Waals surface area contributed by atoms with Gasteiger partial charge in [0.05, 0.1) is 0 Å². The van der Waals surface area contributed by atoms with Gasteiger partial charge in [-0.25, -0.2) is 0 Å². The van der Waals surface area contributed by atoms with Crippen molar-refractivity contribution in [1.82, 2.24) is 0 Å². The third-order valence-electron chi connectivity index (χ3n) is 4.20. The van der Waals surface area contributed by atoms with E-state index < -0.39 is 0 Å². The van der Waals surface area contributed by atoms with Gasteiger partial charge < -0.3 is 0 Å². The standard InChI is InChI=1S/C21H35OP.Li/c1-14(12-20(4,5)6)13-23-19(22)18-15(2)10-17(11-16(18)3)21(7,8)9;/h10-11,14,23H,12-13H2,1-9H3;. The molecule has 1 rings (SSSR count). The minimum atomic E-state index is 0. The van der Waals surface area contributed by atoms with Crippen molar-refractivity contribution in [2.24, 2.45) is 11.3 Å². The topological polar surface area (TPSA) is 17.1 Å². The summed E-state index contributed by atoms with van der Waals surface area (Å²) in [5.74, 6) is 0.603. The van der Waals surface area contributed by atoms with Gasteiger partial charge in [-0.05, 0) is 68.4 Å². The quantitative estimate of drug-likeness (QED) is 0.466. The van der Waals surface area contributed by atoms with Crippen molar-refractivity contribution >= 4 is 33.0 Å². The van der Waals surface area contributed by atoms with E-state index >= 15 is 0 Å². The summed E-state index contributed by atoms with van der Waals surface area (Å²) in [5, 5.41) is 0. The second-order valence-corrected chi connectivity index (χ2v) is 10.5. The molecule has 131 valence electrons. The van der Waals surface area contributed by atoms with E-state index in [1.807, 2.05) is 0 Å². The third kappa shape index (κ3) is 7.43. The predicted molar refractivity (Wildman–Crippen MR) is 111 cm³/mol. The Labute approximate surface area is 163 Å². The van der Waals surface area contributed by atoms with Gasteiger partial charge in [-0.3, -0.25) is 4.79 Å². The van der Waals surface area contributed by atoms with Gasteiger partial charge in [0, 0.05) is 24.4 Å². The average molecular weight is 341 g/mol. The van der Waals surface area contributed by atoms with Crippen molar-refractivity contribution in [3.05, 3.63) is 34.4 Å². The van der Waals surface area contributed by atoms with E-state index in [-0.39, 0.29) is 24.3 Å². The van der Waals surface area contributed by atoms with E-state index in [0.717, 1.165) is 22.9 Å². The van der Waals surface area contributed by atoms with Gasteiger partial charge in [0.2, 0.25) is 0 Å². The van der Waals surface area contributed by atoms with E-state index in [2.05, 4.69) is 74.4 Å². The van der Waals surface area contributed by atoms with Gasteiger partial charge >= 0.3 is 0 Å². The average Bonchev–Trinajstić information content (AvgIpc) is 2.32. The molecule has 0 amide bonds. The van der Waals surface area contributed by atoms with Crippen LogP contribution < -0.4 is 0 Å². The summed E-state index contributed by atoms with van der Waals surface area (Å²) >= 11 is 0. The van der Waals surface area contributed by atoms with Gasteiger partial charge in [0.15, 0.2) is 5.52 Å². The Morgan fingerprint density at radius 2 is 1.50 bits per heavy atom. The van der Waals surface area contributed by atoms with Crippen LogP contribution in [0.15, 0.2) is 12.1 Å². The molecule has 24 heavy (non-hydrogen) atoms. The molecule has 0 aromatic heterocycles. The van der Waals surface area contributed by atoms with Crippen LogP contribution in [0.5, 0.6) is 0 Å². The van der Waals surface area contributed by atoms with Crippen LogP contribution in [0, 0.1) is 25.2 Å². The zero-order chi connectivity index (χ0) is 18.0. The van der Waals surface area contributed by atoms with E-state index in [0.29, 0.717) is 25.4 Å². The molecule has 0 aliphatic heterocycles. The zero-order valence-electron chi connectivity index (χ0n) is 17.6. The molecule has 0 saturated carbocycles. The number of benzene rings is 1. The number of hydrogen-bond acceptors (Lipinski definition) is 1. The summed E-state index contributed by atoms with van der Waals surface area (Å²) in [7, 11) is 0.387. The van der Waals surface area contributed by atoms with E-state index in [1.165, 1.54) is 12.0 Å². The molecule has 0 aliphatic rings. The van der Waals surface area contributed by atoms with Gasteiger partial charge in [0.1, 0.15) is 0 Å². The zero-order valence-corrected chi connectivity index (χ0v) is 18.6. The fourth-order valence-electron chi connectivity index (χ4n) is 3.23. The first-order valence-corrected chi connectivity index (χ1v) is 9.92. The van der Waals surface area contributed by atoms with Crippen LogP contribution in [-0.2, 0) is 5.41 Å². The van der Waals surface area contributed by atoms with Crippen LogP contribution in [0.25, 0.3) is 0 Å². The second-order valence-electron chi connectivity index (χ2n) is 9.32. The smallest absolute Gasteiger partial charge is 0.181 e. The van der Waals surface area contributed by atoms with Gasteiger partial charge in [-0.15, -0.1) is 0 Å². The Hall–Kier alpha value is -0.0826. The van der Waals surface area contributed by atoms with Crippen LogP contribution in [0.4, 0.5) is 0 Å². The molecule has 0 spiro atoms. The Morgan fingerprint density at radius 1 is 1.04 bits per heavy atom. The van der Waals surface area contributed by atoms with E-state index in [1.54, 1.807) is 0 Å². The Bertz CT molecular complexity index is 541. The summed E-state index contributed by atoms with van der Waals surface area (Å²) in [6.45, 7) is 19.9. The summed E-state index contributed by atoms with van der Waals surface area (Å²) in [4.78, 5) is 12.7. The van der Waals surface area contributed by atoms with Crippen molar-refractivity contribution < 1.29 is 4.79 Å². The van der Waals surface area contributed by atoms with E-state index in [4.69, 9.17) is 0 Å². The summed E-state index contributed by atoms with van der Waals surface area (Å²) in [6, 6.07) is 4.40. The van der Waals surface area contributed by atoms with Crippen molar-refractivity contribution in [2.75, 3.05) is 6.16 Å². The van der Waals surface area contributed by atoms with Crippen LogP contribution in [0.2, 0.25) is 0 Å². The molecular weight excluding hydrogens is 306 g/mol. The molecule has 2 unspecified atom stereocenters. The third-order valence-corrected chi connectivity index (χ3v) is 5.67. The molecule has 1 nitrogen and oxygen atoms in total. The van der Waals surface area contributed by atoms with Gasteiger partial charge in [0.25, 0.3) is 0 Å². The first kappa shape index (κ1) is 23.9. The molecule has 0 saturated heterocycles. The Kier molecular flexibility index (Phi) is 9.00. The molecule has 1 aromatic rings. The molecule has 2 atom stereocenters. The minimum Gasteiger partial charge on any atom is -0.289 e. The maximum absolute atomic E-state index is 12.7. The Balaban J connectivity index is 0.00000529. The first-order chi connectivity index (χ1) is 10.3. The maximum Gasteiger partial charge on any atom is 0.181 e. The molecular formula is C21H35LiOP. The minimum absolute atomic E-state index is 0. The van der Waals surface area contributed by atoms with Crippen LogP contribution in [0.1, 0.15) is 81.9 Å². The molecule has 0 N–H and O–H groups in total. The first-order valence-electron chi connectivity index (χ1n) is 8.71. The fourth-order valence-corrected chi connectivity index (χ4v) is 4.48. The molecule has 3 heteroatoms. The van der Waals surface area contributed by atoms with Crippen LogP contribution in [0.3, 0.4) is 0 Å². The van der Waals surface area contributed by atoms with Crippen LogP contribution in [-0.4, -0.2) is 30.5 Å². The summed E-state index contributed by atoms with van der Waals surface area (Å²) in [6.07, 6.45) is 2.18. The second kappa shape index (κ2) is 9.03. The number of hydrogen-bond donors (Lipinski definition) is 0. The number of carbonyl (C=O) groups excluding carboxylic acids is 1. The summed E-state index contributed by atoms with van der Waals surface area (Å²) in [5.41, 5.74) is 5.34. The monoisotopic (exact) mass is 341 g/mol. The molecule has 1 radical (unpaired) electrons. The van der Waals surface area contributed by atoms with Crippen LogP contribution >= 0.6 is 8.58 Å². The van der Waals surface area contributed by atoms with Crippen molar-refractivity contribution in [3.63, 3.8) is 0 Å².